The van der Waals surface area contributed by atoms with Crippen molar-refractivity contribution in [1.29, 1.82) is 0 Å². The van der Waals surface area contributed by atoms with Gasteiger partial charge in [0.05, 0.1) is 4.88 Å². The molecular weight excluding hydrogens is 268 g/mol. The van der Waals surface area contributed by atoms with Crippen LogP contribution in [0.5, 0.6) is 0 Å². The lowest BCUT2D eigenvalue weighted by atomic mass is 10.0. The minimum Gasteiger partial charge on any atom is -0.396 e. The van der Waals surface area contributed by atoms with Gasteiger partial charge in [0.15, 0.2) is 5.78 Å². The summed E-state index contributed by atoms with van der Waals surface area (Å²) in [5.41, 5.74) is 2.48. The predicted octanol–water partition coefficient (Wildman–Crippen LogP) is 4.49. The lowest BCUT2D eigenvalue weighted by Crippen LogP contribution is -1.96. The average molecular weight is 288 g/mol. The van der Waals surface area contributed by atoms with Gasteiger partial charge in [0.25, 0.3) is 0 Å². The molecule has 0 unspecified atom stereocenters. The molecule has 0 amide bonds. The zero-order chi connectivity index (χ0) is 14.5. The van der Waals surface area contributed by atoms with Gasteiger partial charge in [-0.3, -0.25) is 4.79 Å². The number of ketones is 1. The molecule has 0 radical (unpaired) electrons. The maximum absolute atomic E-state index is 11.9. The van der Waals surface area contributed by atoms with E-state index in [1.807, 2.05) is 12.1 Å². The largest absolute Gasteiger partial charge is 0.396 e. The summed E-state index contributed by atoms with van der Waals surface area (Å²) in [7, 11) is 0. The topological polar surface area (TPSA) is 37.3 Å². The molecule has 2 aromatic rings. The average Bonchev–Trinajstić information content (AvgIpc) is 2.94. The highest BCUT2D eigenvalue weighted by Gasteiger charge is 2.10. The van der Waals surface area contributed by atoms with E-state index in [0.717, 1.165) is 15.3 Å². The van der Waals surface area contributed by atoms with Gasteiger partial charge in [0.1, 0.15) is 0 Å². The molecular formula is C17H20O2S. The number of thiophene rings is 1. The van der Waals surface area contributed by atoms with E-state index in [4.69, 9.17) is 5.11 Å². The van der Waals surface area contributed by atoms with E-state index in [-0.39, 0.29) is 12.4 Å². The van der Waals surface area contributed by atoms with Crippen LogP contribution in [-0.2, 0) is 0 Å². The highest BCUT2D eigenvalue weighted by molar-refractivity contribution is 7.17. The quantitative estimate of drug-likeness (QED) is 0.795. The first-order chi connectivity index (χ1) is 9.61. The molecule has 3 heteroatoms. The van der Waals surface area contributed by atoms with Gasteiger partial charge in [-0.1, -0.05) is 38.1 Å². The molecule has 0 fully saturated rings. The highest BCUT2D eigenvalue weighted by atomic mass is 32.1. The van der Waals surface area contributed by atoms with E-state index >= 15 is 0 Å². The first kappa shape index (κ1) is 14.9. The summed E-state index contributed by atoms with van der Waals surface area (Å²) < 4.78 is 0. The number of benzene rings is 1. The second-order valence-corrected chi connectivity index (χ2v) is 6.27. The SMILES string of the molecule is CC(C)c1ccc(-c2ccc(C(=O)CCCO)s2)cc1. The van der Waals surface area contributed by atoms with Gasteiger partial charge in [-0.05, 0) is 35.6 Å². The molecule has 2 nitrogen and oxygen atoms in total. The van der Waals surface area contributed by atoms with Crippen LogP contribution in [-0.4, -0.2) is 17.5 Å². The Bertz CT molecular complexity index is 567. The van der Waals surface area contributed by atoms with Gasteiger partial charge in [-0.25, -0.2) is 0 Å². The van der Waals surface area contributed by atoms with Crippen molar-refractivity contribution in [3.63, 3.8) is 0 Å². The van der Waals surface area contributed by atoms with Crippen LogP contribution in [0.3, 0.4) is 0 Å². The summed E-state index contributed by atoms with van der Waals surface area (Å²) in [5, 5.41) is 8.77. The first-order valence-corrected chi connectivity index (χ1v) is 7.77. The number of aliphatic hydroxyl groups is 1. The van der Waals surface area contributed by atoms with Crippen LogP contribution in [0.2, 0.25) is 0 Å². The zero-order valence-electron chi connectivity index (χ0n) is 11.9. The number of hydrogen-bond donors (Lipinski definition) is 1. The fraction of sp³-hybridized carbons (Fsp3) is 0.353. The van der Waals surface area contributed by atoms with E-state index in [0.29, 0.717) is 18.8 Å². The Kier molecular flexibility index (Phi) is 5.10. The van der Waals surface area contributed by atoms with E-state index in [1.165, 1.54) is 16.9 Å². The molecule has 0 aliphatic rings. The zero-order valence-corrected chi connectivity index (χ0v) is 12.7. The lowest BCUT2D eigenvalue weighted by Gasteiger charge is -2.05. The smallest absolute Gasteiger partial charge is 0.172 e. The number of carbonyl (C=O) groups is 1. The van der Waals surface area contributed by atoms with Gasteiger partial charge < -0.3 is 5.11 Å². The van der Waals surface area contributed by atoms with Crippen molar-refractivity contribution in [2.24, 2.45) is 0 Å². The maximum atomic E-state index is 11.9. The normalized spacial score (nSPS) is 11.0. The van der Waals surface area contributed by atoms with Crippen LogP contribution in [0, 0.1) is 0 Å². The van der Waals surface area contributed by atoms with Crippen LogP contribution < -0.4 is 0 Å². The monoisotopic (exact) mass is 288 g/mol. The number of Topliss-reactive ketones (excluding diaryl/α,β-unsaturated/α-hetero) is 1. The van der Waals surface area contributed by atoms with Gasteiger partial charge in [-0.2, -0.15) is 0 Å². The van der Waals surface area contributed by atoms with E-state index in [9.17, 15) is 4.79 Å². The van der Waals surface area contributed by atoms with Crippen molar-refractivity contribution < 1.29 is 9.90 Å². The molecule has 0 aliphatic carbocycles. The Balaban J connectivity index is 2.14. The molecule has 1 aromatic carbocycles. The van der Waals surface area contributed by atoms with Crippen molar-refractivity contribution in [2.75, 3.05) is 6.61 Å². The van der Waals surface area contributed by atoms with Crippen molar-refractivity contribution in [3.05, 3.63) is 46.8 Å². The number of rotatable bonds is 6. The molecule has 106 valence electrons. The summed E-state index contributed by atoms with van der Waals surface area (Å²) in [6.07, 6.45) is 0.956. The second kappa shape index (κ2) is 6.82. The third-order valence-electron chi connectivity index (χ3n) is 3.30. The standard InChI is InChI=1S/C17H20O2S/c1-12(2)13-5-7-14(8-6-13)16-9-10-17(20-16)15(19)4-3-11-18/h5-10,12,18H,3-4,11H2,1-2H3. The molecule has 0 atom stereocenters. The predicted molar refractivity (Wildman–Crippen MR) is 84.5 cm³/mol. The molecule has 0 aliphatic heterocycles. The molecule has 0 saturated heterocycles. The van der Waals surface area contributed by atoms with Crippen LogP contribution in [0.1, 0.15) is 47.8 Å². The molecule has 1 N–H and O–H groups in total. The Morgan fingerprint density at radius 1 is 1.15 bits per heavy atom. The van der Waals surface area contributed by atoms with Gasteiger partial charge in [0.2, 0.25) is 0 Å². The number of aliphatic hydroxyl groups excluding tert-OH is 1. The van der Waals surface area contributed by atoms with Gasteiger partial charge >= 0.3 is 0 Å². The lowest BCUT2D eigenvalue weighted by molar-refractivity contribution is 0.0975. The Morgan fingerprint density at radius 2 is 1.85 bits per heavy atom. The van der Waals surface area contributed by atoms with E-state index < -0.39 is 0 Å². The van der Waals surface area contributed by atoms with Crippen LogP contribution >= 0.6 is 11.3 Å². The summed E-state index contributed by atoms with van der Waals surface area (Å²) in [6, 6.07) is 12.4. The highest BCUT2D eigenvalue weighted by Crippen LogP contribution is 2.30. The van der Waals surface area contributed by atoms with Gasteiger partial charge in [0, 0.05) is 17.9 Å². The molecule has 2 rings (SSSR count). The summed E-state index contributed by atoms with van der Waals surface area (Å²) in [4.78, 5) is 13.8. The van der Waals surface area contributed by atoms with Crippen molar-refractivity contribution >= 4 is 17.1 Å². The molecule has 0 spiro atoms. The van der Waals surface area contributed by atoms with Crippen LogP contribution in [0.15, 0.2) is 36.4 Å². The first-order valence-electron chi connectivity index (χ1n) is 6.96. The number of carbonyl (C=O) groups excluding carboxylic acids is 1. The van der Waals surface area contributed by atoms with Crippen molar-refractivity contribution in [2.45, 2.75) is 32.6 Å². The molecule has 1 aromatic heterocycles. The minimum absolute atomic E-state index is 0.0701. The van der Waals surface area contributed by atoms with E-state index in [2.05, 4.69) is 38.1 Å². The maximum Gasteiger partial charge on any atom is 0.172 e. The van der Waals surface area contributed by atoms with Crippen molar-refractivity contribution in [1.82, 2.24) is 0 Å². The Labute approximate surface area is 124 Å². The summed E-state index contributed by atoms with van der Waals surface area (Å²) >= 11 is 1.53. The Morgan fingerprint density at radius 3 is 2.45 bits per heavy atom. The minimum atomic E-state index is 0.0701. The molecule has 1 heterocycles. The summed E-state index contributed by atoms with van der Waals surface area (Å²) in [6.45, 7) is 4.43. The van der Waals surface area contributed by atoms with Crippen LogP contribution in [0.4, 0.5) is 0 Å². The third-order valence-corrected chi connectivity index (χ3v) is 4.48. The van der Waals surface area contributed by atoms with E-state index in [1.54, 1.807) is 0 Å². The summed E-state index contributed by atoms with van der Waals surface area (Å²) in [5.74, 6) is 0.650. The fourth-order valence-corrected chi connectivity index (χ4v) is 3.02. The molecule has 20 heavy (non-hydrogen) atoms. The third kappa shape index (κ3) is 3.56. The Hall–Kier alpha value is -1.45. The number of hydrogen-bond acceptors (Lipinski definition) is 3. The van der Waals surface area contributed by atoms with Crippen LogP contribution in [0.25, 0.3) is 10.4 Å². The second-order valence-electron chi connectivity index (χ2n) is 5.19. The van der Waals surface area contributed by atoms with Gasteiger partial charge in [-0.15, -0.1) is 11.3 Å². The van der Waals surface area contributed by atoms with Crippen molar-refractivity contribution in [3.8, 4) is 10.4 Å². The molecule has 0 bridgehead atoms. The fourth-order valence-electron chi connectivity index (χ4n) is 2.04. The molecule has 0 saturated carbocycles.